The first-order chi connectivity index (χ1) is 8.52. The number of amides is 4. The predicted octanol–water partition coefficient (Wildman–Crippen LogP) is 2.88. The number of urea groups is 2. The lowest BCUT2D eigenvalue weighted by Crippen LogP contribution is -2.62. The number of imide groups is 1. The number of hydrogen-bond donors (Lipinski definition) is 2. The molecule has 0 atom stereocenters. The molecule has 8 heteroatoms. The number of anilines is 1. The van der Waals surface area contributed by atoms with Crippen LogP contribution in [-0.2, 0) is 0 Å². The molecule has 2 N–H and O–H groups in total. The Labute approximate surface area is 118 Å². The maximum absolute atomic E-state index is 11.8. The summed E-state index contributed by atoms with van der Waals surface area (Å²) in [6, 6.07) is 3.53. The van der Waals surface area contributed by atoms with Gasteiger partial charge in [-0.15, -0.1) is 11.8 Å². The second-order valence-corrected chi connectivity index (χ2v) is 5.21. The van der Waals surface area contributed by atoms with Crippen LogP contribution in [0, 0.1) is 0 Å². The zero-order valence-corrected chi connectivity index (χ0v) is 11.6. The number of nitrogens with zero attached hydrogens (tertiary/aromatic N) is 1. The normalized spacial score (nSPS) is 16.5. The minimum absolute atomic E-state index is 0.279. The highest BCUT2D eigenvalue weighted by Crippen LogP contribution is 2.28. The van der Waals surface area contributed by atoms with E-state index in [1.165, 1.54) is 23.9 Å². The predicted molar refractivity (Wildman–Crippen MR) is 73.3 cm³/mol. The summed E-state index contributed by atoms with van der Waals surface area (Å²) in [5.41, 5.74) is -0.0667. The molecule has 1 fully saturated rings. The summed E-state index contributed by atoms with van der Waals surface area (Å²) in [6.45, 7) is 0. The molecule has 1 aromatic carbocycles. The molecule has 2 rings (SSSR count). The Morgan fingerprint density at radius 2 is 1.78 bits per heavy atom. The molecule has 0 bridgehead atoms. The van der Waals surface area contributed by atoms with Crippen LogP contribution in [0.25, 0.3) is 0 Å². The van der Waals surface area contributed by atoms with E-state index in [1.807, 2.05) is 0 Å². The summed E-state index contributed by atoms with van der Waals surface area (Å²) in [5.74, 6) is 0. The van der Waals surface area contributed by atoms with E-state index >= 15 is 0 Å². The van der Waals surface area contributed by atoms with Gasteiger partial charge in [0, 0.05) is 0 Å². The molecule has 18 heavy (non-hydrogen) atoms. The van der Waals surface area contributed by atoms with Crippen molar-refractivity contribution in [3.05, 3.63) is 28.2 Å². The number of carbonyl (C=O) groups is 2. The third-order valence-corrected chi connectivity index (χ3v) is 3.76. The highest BCUT2D eigenvalue weighted by Gasteiger charge is 2.32. The Morgan fingerprint density at radius 3 is 2.28 bits per heavy atom. The van der Waals surface area contributed by atoms with E-state index in [4.69, 9.17) is 23.2 Å². The van der Waals surface area contributed by atoms with Gasteiger partial charge < -0.3 is 10.6 Å². The lowest BCUT2D eigenvalue weighted by molar-refractivity contribution is 0.224. The lowest BCUT2D eigenvalue weighted by Gasteiger charge is -2.31. The van der Waals surface area contributed by atoms with Gasteiger partial charge in [-0.1, -0.05) is 23.2 Å². The summed E-state index contributed by atoms with van der Waals surface area (Å²) >= 11 is 13.0. The van der Waals surface area contributed by atoms with Crippen LogP contribution in [0.1, 0.15) is 0 Å². The summed E-state index contributed by atoms with van der Waals surface area (Å²) in [4.78, 5) is 24.6. The van der Waals surface area contributed by atoms with Crippen molar-refractivity contribution in [1.29, 1.82) is 0 Å². The van der Waals surface area contributed by atoms with Crippen molar-refractivity contribution >= 4 is 52.7 Å². The second kappa shape index (κ2) is 5.26. The van der Waals surface area contributed by atoms with Gasteiger partial charge in [0.15, 0.2) is 5.50 Å². The Hall–Kier alpha value is -1.11. The van der Waals surface area contributed by atoms with Crippen molar-refractivity contribution in [3.63, 3.8) is 0 Å². The second-order valence-electron chi connectivity index (χ2n) is 3.45. The minimum atomic E-state index is -0.503. The number of benzene rings is 1. The number of hydrogen-bond acceptors (Lipinski definition) is 3. The molecule has 5 nitrogen and oxygen atoms in total. The molecule has 0 saturated carbocycles. The third kappa shape index (κ3) is 2.50. The zero-order valence-electron chi connectivity index (χ0n) is 9.24. The molecule has 1 saturated heterocycles. The number of nitrogens with one attached hydrogen (secondary N) is 2. The number of halogens is 2. The van der Waals surface area contributed by atoms with Crippen LogP contribution >= 0.6 is 35.0 Å². The molecule has 4 amide bonds. The number of rotatable bonds is 2. The molecular formula is C10H9Cl2N3O2S. The van der Waals surface area contributed by atoms with Crippen molar-refractivity contribution in [3.8, 4) is 0 Å². The average Bonchev–Trinajstić information content (AvgIpc) is 2.32. The van der Waals surface area contributed by atoms with E-state index in [2.05, 4.69) is 10.6 Å². The van der Waals surface area contributed by atoms with Crippen LogP contribution in [0.3, 0.4) is 0 Å². The molecule has 96 valence electrons. The SMILES string of the molecule is CSC1NC(=O)N(c2ccc(Cl)c(Cl)c2)C(=O)N1. The van der Waals surface area contributed by atoms with Crippen molar-refractivity contribution in [2.45, 2.75) is 5.50 Å². The molecule has 0 aromatic heterocycles. The van der Waals surface area contributed by atoms with E-state index < -0.39 is 17.6 Å². The monoisotopic (exact) mass is 305 g/mol. The van der Waals surface area contributed by atoms with Crippen LogP contribution in [0.2, 0.25) is 10.0 Å². The highest BCUT2D eigenvalue weighted by molar-refractivity contribution is 7.99. The lowest BCUT2D eigenvalue weighted by atomic mass is 10.3. The Bertz CT molecular complexity index is 494. The summed E-state index contributed by atoms with van der Waals surface area (Å²) in [5, 5.41) is 5.88. The van der Waals surface area contributed by atoms with Gasteiger partial charge in [0.05, 0.1) is 15.7 Å². The van der Waals surface area contributed by atoms with Crippen LogP contribution in [-0.4, -0.2) is 23.8 Å². The molecule has 1 heterocycles. The molecule has 1 aliphatic rings. The van der Waals surface area contributed by atoms with Gasteiger partial charge in [0.25, 0.3) is 0 Å². The Balaban J connectivity index is 2.30. The molecular weight excluding hydrogens is 297 g/mol. The van der Waals surface area contributed by atoms with Crippen molar-refractivity contribution in [1.82, 2.24) is 10.6 Å². The fraction of sp³-hybridized carbons (Fsp3) is 0.200. The van der Waals surface area contributed by atoms with Gasteiger partial charge in [0.1, 0.15) is 0 Å². The van der Waals surface area contributed by atoms with Gasteiger partial charge in [-0.2, -0.15) is 0 Å². The molecule has 0 radical (unpaired) electrons. The summed E-state index contributed by atoms with van der Waals surface area (Å²) in [6.07, 6.45) is 1.78. The zero-order chi connectivity index (χ0) is 13.3. The Morgan fingerprint density at radius 1 is 1.17 bits per heavy atom. The maximum Gasteiger partial charge on any atom is 0.332 e. The van der Waals surface area contributed by atoms with Crippen molar-refractivity contribution in [2.75, 3.05) is 11.2 Å². The van der Waals surface area contributed by atoms with Gasteiger partial charge in [0.2, 0.25) is 0 Å². The van der Waals surface area contributed by atoms with Crippen LogP contribution in [0.15, 0.2) is 18.2 Å². The third-order valence-electron chi connectivity index (χ3n) is 2.31. The molecule has 0 unspecified atom stereocenters. The molecule has 1 aromatic rings. The van der Waals surface area contributed by atoms with E-state index in [9.17, 15) is 9.59 Å². The van der Waals surface area contributed by atoms with Crippen LogP contribution in [0.5, 0.6) is 0 Å². The van der Waals surface area contributed by atoms with E-state index in [-0.39, 0.29) is 5.02 Å². The fourth-order valence-corrected chi connectivity index (χ4v) is 2.19. The fourth-order valence-electron chi connectivity index (χ4n) is 1.46. The molecule has 1 aliphatic heterocycles. The number of carbonyl (C=O) groups excluding carboxylic acids is 2. The minimum Gasteiger partial charge on any atom is -0.308 e. The van der Waals surface area contributed by atoms with Crippen LogP contribution < -0.4 is 15.5 Å². The smallest absolute Gasteiger partial charge is 0.308 e. The first kappa shape index (κ1) is 13.3. The summed E-state index contributed by atoms with van der Waals surface area (Å²) in [7, 11) is 0. The maximum atomic E-state index is 11.8. The van der Waals surface area contributed by atoms with E-state index in [1.54, 1.807) is 12.3 Å². The van der Waals surface area contributed by atoms with E-state index in [0.717, 1.165) is 4.90 Å². The van der Waals surface area contributed by atoms with Crippen molar-refractivity contribution < 1.29 is 9.59 Å². The van der Waals surface area contributed by atoms with Crippen molar-refractivity contribution in [2.24, 2.45) is 0 Å². The standard InChI is InChI=1S/C10H9Cl2N3O2S/c1-18-8-13-9(16)15(10(17)14-8)5-2-3-6(11)7(12)4-5/h2-4,8H,1H3,(H,13,16)(H,14,17). The van der Waals surface area contributed by atoms with Crippen LogP contribution in [0.4, 0.5) is 15.3 Å². The quantitative estimate of drug-likeness (QED) is 0.883. The van der Waals surface area contributed by atoms with Gasteiger partial charge in [-0.3, -0.25) is 0 Å². The number of thioether (sulfide) groups is 1. The molecule has 0 spiro atoms. The topological polar surface area (TPSA) is 61.4 Å². The summed E-state index contributed by atoms with van der Waals surface area (Å²) < 4.78 is 0. The van der Waals surface area contributed by atoms with Gasteiger partial charge in [-0.25, -0.2) is 14.5 Å². The van der Waals surface area contributed by atoms with Gasteiger partial charge >= 0.3 is 12.1 Å². The highest BCUT2D eigenvalue weighted by atomic mass is 35.5. The largest absolute Gasteiger partial charge is 0.332 e. The Kier molecular flexibility index (Phi) is 3.89. The first-order valence-electron chi connectivity index (χ1n) is 4.92. The first-order valence-corrected chi connectivity index (χ1v) is 6.96. The van der Waals surface area contributed by atoms with Gasteiger partial charge in [-0.05, 0) is 24.5 Å². The molecule has 0 aliphatic carbocycles. The average molecular weight is 306 g/mol. The van der Waals surface area contributed by atoms with E-state index in [0.29, 0.717) is 10.7 Å².